The summed E-state index contributed by atoms with van der Waals surface area (Å²) in [7, 11) is -4.24. The summed E-state index contributed by atoms with van der Waals surface area (Å²) < 4.78 is 38.2. The second-order valence-electron chi connectivity index (χ2n) is 6.59. The molecule has 0 aliphatic rings. The van der Waals surface area contributed by atoms with Gasteiger partial charge in [-0.05, 0) is 54.7 Å². The molecule has 4 N–H and O–H groups in total. The van der Waals surface area contributed by atoms with E-state index < -0.39 is 21.5 Å². The zero-order chi connectivity index (χ0) is 21.3. The number of benzene rings is 2. The molecular weight excluding hydrogens is 396 g/mol. The number of aliphatic hydroxyl groups excluding tert-OH is 2. The Bertz CT molecular complexity index is 874. The molecule has 2 rings (SSSR count). The number of phenols is 1. The van der Waals surface area contributed by atoms with Gasteiger partial charge in [-0.1, -0.05) is 36.4 Å². The van der Waals surface area contributed by atoms with Crippen LogP contribution in [0.5, 0.6) is 11.5 Å². The average molecular weight is 422 g/mol. The Kier molecular flexibility index (Phi) is 8.66. The molecule has 0 aliphatic heterocycles. The average Bonchev–Trinajstić information content (AvgIpc) is 2.69. The quantitative estimate of drug-likeness (QED) is 0.324. The highest BCUT2D eigenvalue weighted by Crippen LogP contribution is 2.20. The minimum Gasteiger partial charge on any atom is -0.508 e. The molecule has 0 bridgehead atoms. The van der Waals surface area contributed by atoms with E-state index in [0.717, 1.165) is 5.56 Å². The first-order valence-electron chi connectivity index (χ1n) is 9.22. The van der Waals surface area contributed by atoms with Gasteiger partial charge in [0.15, 0.2) is 0 Å². The van der Waals surface area contributed by atoms with Gasteiger partial charge in [0, 0.05) is 0 Å². The van der Waals surface area contributed by atoms with Gasteiger partial charge in [0.2, 0.25) is 0 Å². The normalized spacial score (nSPS) is 14.0. The number of allylic oxidation sites excluding steroid dienone is 1. The van der Waals surface area contributed by atoms with Crippen molar-refractivity contribution in [1.82, 2.24) is 0 Å². The molecule has 0 spiro atoms. The Balaban J connectivity index is 1.93. The number of rotatable bonds is 11. The van der Waals surface area contributed by atoms with Crippen LogP contribution in [0, 0.1) is 0 Å². The second-order valence-corrected chi connectivity index (χ2v) is 8.29. The number of phenolic OH excluding ortho intramolecular Hbond substituents is 1. The first-order chi connectivity index (χ1) is 13.8. The summed E-state index contributed by atoms with van der Waals surface area (Å²) >= 11 is 0. The van der Waals surface area contributed by atoms with Crippen LogP contribution in [-0.4, -0.2) is 46.8 Å². The summed E-state index contributed by atoms with van der Waals surface area (Å²) in [6, 6.07) is 13.1. The predicted octanol–water partition coefficient (Wildman–Crippen LogP) is 2.63. The van der Waals surface area contributed by atoms with Crippen molar-refractivity contribution < 1.29 is 33.0 Å². The van der Waals surface area contributed by atoms with Crippen molar-refractivity contribution in [2.45, 2.75) is 30.6 Å². The first-order valence-corrected chi connectivity index (χ1v) is 10.7. The van der Waals surface area contributed by atoms with Gasteiger partial charge in [-0.25, -0.2) is 0 Å². The molecule has 29 heavy (non-hydrogen) atoms. The minimum absolute atomic E-state index is 0.0612. The first kappa shape index (κ1) is 22.9. The minimum atomic E-state index is -4.24. The molecule has 7 nitrogen and oxygen atoms in total. The van der Waals surface area contributed by atoms with Crippen LogP contribution < -0.4 is 4.74 Å². The Labute approximate surface area is 170 Å². The summed E-state index contributed by atoms with van der Waals surface area (Å²) in [5.74, 6) is 0.699. The van der Waals surface area contributed by atoms with Crippen molar-refractivity contribution in [2.24, 2.45) is 0 Å². The van der Waals surface area contributed by atoms with Crippen LogP contribution in [-0.2, 0) is 16.5 Å². The van der Waals surface area contributed by atoms with Crippen molar-refractivity contribution in [3.8, 4) is 11.5 Å². The molecule has 0 radical (unpaired) electrons. The number of hydrogen-bond donors (Lipinski definition) is 4. The highest BCUT2D eigenvalue weighted by atomic mass is 32.2. The summed E-state index contributed by atoms with van der Waals surface area (Å²) in [6.45, 7) is 0.124. The van der Waals surface area contributed by atoms with Crippen LogP contribution >= 0.6 is 0 Å². The fraction of sp³-hybridized carbons (Fsp3) is 0.333. The topological polar surface area (TPSA) is 124 Å². The standard InChI is InChI=1S/C21H26O7S/c22-14-15-28-19-11-4-16(5-12-19)6-13-20(29(25,26)27)2-1-3-21(24)17-7-9-18(23)10-8-17/h1,3-5,7-12,20-24H,2,6,13-15H2,(H,25,26,27)/b3-1+/t20-,21+/m0/s1. The number of ether oxygens (including phenoxy) is 1. The highest BCUT2D eigenvalue weighted by molar-refractivity contribution is 7.86. The molecule has 158 valence electrons. The monoisotopic (exact) mass is 422 g/mol. The van der Waals surface area contributed by atoms with Gasteiger partial charge in [0.1, 0.15) is 18.1 Å². The van der Waals surface area contributed by atoms with Crippen LogP contribution in [0.2, 0.25) is 0 Å². The third-order valence-electron chi connectivity index (χ3n) is 4.41. The fourth-order valence-electron chi connectivity index (χ4n) is 2.77. The Morgan fingerprint density at radius 1 is 1.03 bits per heavy atom. The lowest BCUT2D eigenvalue weighted by molar-refractivity contribution is 0.201. The molecule has 0 fully saturated rings. The van der Waals surface area contributed by atoms with Gasteiger partial charge in [-0.15, -0.1) is 0 Å². The van der Waals surface area contributed by atoms with E-state index in [1.54, 1.807) is 36.4 Å². The Morgan fingerprint density at radius 2 is 1.69 bits per heavy atom. The number of aromatic hydroxyl groups is 1. The van der Waals surface area contributed by atoms with Crippen LogP contribution in [0.4, 0.5) is 0 Å². The van der Waals surface area contributed by atoms with E-state index in [1.165, 1.54) is 24.3 Å². The molecule has 8 heteroatoms. The van der Waals surface area contributed by atoms with E-state index in [9.17, 15) is 23.2 Å². The third-order valence-corrected chi connectivity index (χ3v) is 5.68. The summed E-state index contributed by atoms with van der Waals surface area (Å²) in [4.78, 5) is 0. The van der Waals surface area contributed by atoms with Gasteiger partial charge < -0.3 is 20.1 Å². The van der Waals surface area contributed by atoms with Crippen molar-refractivity contribution in [3.63, 3.8) is 0 Å². The smallest absolute Gasteiger partial charge is 0.268 e. The molecular formula is C21H26O7S. The number of hydrogen-bond acceptors (Lipinski definition) is 6. The van der Waals surface area contributed by atoms with Gasteiger partial charge in [-0.3, -0.25) is 4.55 Å². The molecule has 0 amide bonds. The lowest BCUT2D eigenvalue weighted by Gasteiger charge is -2.13. The maximum atomic E-state index is 11.7. The van der Waals surface area contributed by atoms with Crippen LogP contribution in [0.25, 0.3) is 0 Å². The van der Waals surface area contributed by atoms with E-state index in [4.69, 9.17) is 9.84 Å². The molecule has 0 aliphatic carbocycles. The molecule has 2 aromatic carbocycles. The molecule has 2 aromatic rings. The third kappa shape index (κ3) is 7.86. The summed E-state index contributed by atoms with van der Waals surface area (Å²) in [5, 5.41) is 27.1. The van der Waals surface area contributed by atoms with Crippen LogP contribution in [0.1, 0.15) is 30.1 Å². The molecule has 0 heterocycles. The fourth-order valence-corrected chi connectivity index (χ4v) is 3.54. The highest BCUT2D eigenvalue weighted by Gasteiger charge is 2.21. The lowest BCUT2D eigenvalue weighted by Crippen LogP contribution is -2.20. The van der Waals surface area contributed by atoms with Gasteiger partial charge in [0.05, 0.1) is 18.0 Å². The Morgan fingerprint density at radius 3 is 2.28 bits per heavy atom. The molecule has 0 aromatic heterocycles. The Hall–Kier alpha value is -2.39. The SMILES string of the molecule is O=S(=O)(O)[C@@H](C/C=C/[C@@H](O)c1ccc(O)cc1)CCc1ccc(OCCO)cc1. The van der Waals surface area contributed by atoms with Crippen molar-refractivity contribution >= 4 is 10.1 Å². The van der Waals surface area contributed by atoms with Crippen molar-refractivity contribution in [1.29, 1.82) is 0 Å². The molecule has 0 saturated carbocycles. The van der Waals surface area contributed by atoms with Gasteiger partial charge in [-0.2, -0.15) is 8.42 Å². The zero-order valence-electron chi connectivity index (χ0n) is 15.9. The largest absolute Gasteiger partial charge is 0.508 e. The maximum Gasteiger partial charge on any atom is 0.268 e. The van der Waals surface area contributed by atoms with E-state index in [0.29, 0.717) is 17.7 Å². The number of aliphatic hydroxyl groups is 2. The van der Waals surface area contributed by atoms with Crippen LogP contribution in [0.3, 0.4) is 0 Å². The summed E-state index contributed by atoms with van der Waals surface area (Å²) in [6.07, 6.45) is 2.77. The zero-order valence-corrected chi connectivity index (χ0v) is 16.7. The predicted molar refractivity (Wildman–Crippen MR) is 110 cm³/mol. The van der Waals surface area contributed by atoms with Crippen molar-refractivity contribution in [3.05, 3.63) is 71.8 Å². The van der Waals surface area contributed by atoms with E-state index in [1.807, 2.05) is 0 Å². The maximum absolute atomic E-state index is 11.7. The molecule has 2 atom stereocenters. The number of aryl methyl sites for hydroxylation is 1. The second kappa shape index (κ2) is 11.0. The summed E-state index contributed by atoms with van der Waals surface area (Å²) in [5.41, 5.74) is 1.45. The van der Waals surface area contributed by atoms with Gasteiger partial charge >= 0.3 is 0 Å². The van der Waals surface area contributed by atoms with Crippen molar-refractivity contribution in [2.75, 3.05) is 13.2 Å². The molecule has 0 unspecified atom stereocenters. The van der Waals surface area contributed by atoms with Crippen LogP contribution in [0.15, 0.2) is 60.7 Å². The van der Waals surface area contributed by atoms with E-state index in [2.05, 4.69) is 0 Å². The molecule has 0 saturated heterocycles. The lowest BCUT2D eigenvalue weighted by atomic mass is 10.1. The van der Waals surface area contributed by atoms with Gasteiger partial charge in [0.25, 0.3) is 10.1 Å². The van der Waals surface area contributed by atoms with E-state index >= 15 is 0 Å². The van der Waals surface area contributed by atoms with E-state index in [-0.39, 0.29) is 31.8 Å².